The van der Waals surface area contributed by atoms with Crippen molar-refractivity contribution in [3.63, 3.8) is 0 Å². The highest BCUT2D eigenvalue weighted by atomic mass is 32.1. The van der Waals surface area contributed by atoms with Crippen LogP contribution in [0.25, 0.3) is 0 Å². The standard InChI is InChI=1S/C21H24F2N4O2S/c1-2-19(28)26-7-9-27(10-8-26)21-25-17-5-3-13(11-18(17)30-21)20(29)24-16-6-4-14(22)12-15(16)23/h4,6,12-13H,2-3,5,7-11H2,1H3,(H,24,29). The molecule has 1 aliphatic heterocycles. The first-order chi connectivity index (χ1) is 14.4. The van der Waals surface area contributed by atoms with E-state index < -0.39 is 11.6 Å². The Morgan fingerprint density at radius 2 is 2.00 bits per heavy atom. The summed E-state index contributed by atoms with van der Waals surface area (Å²) in [5.41, 5.74) is 1.02. The van der Waals surface area contributed by atoms with Gasteiger partial charge in [-0.05, 0) is 31.4 Å². The average molecular weight is 435 g/mol. The van der Waals surface area contributed by atoms with Gasteiger partial charge in [0.1, 0.15) is 11.6 Å². The van der Waals surface area contributed by atoms with Crippen molar-refractivity contribution in [3.8, 4) is 0 Å². The summed E-state index contributed by atoms with van der Waals surface area (Å²) in [5, 5.41) is 3.52. The summed E-state index contributed by atoms with van der Waals surface area (Å²) in [6.45, 7) is 4.79. The molecule has 4 rings (SSSR count). The number of nitrogens with zero attached hydrogens (tertiary/aromatic N) is 3. The third kappa shape index (κ3) is 4.30. The Morgan fingerprint density at radius 1 is 1.23 bits per heavy atom. The Bertz CT molecular complexity index is 956. The minimum Gasteiger partial charge on any atom is -0.345 e. The Morgan fingerprint density at radius 3 is 2.70 bits per heavy atom. The summed E-state index contributed by atoms with van der Waals surface area (Å²) in [7, 11) is 0. The number of thiazole rings is 1. The zero-order valence-electron chi connectivity index (χ0n) is 16.8. The van der Waals surface area contributed by atoms with Crippen molar-refractivity contribution in [1.29, 1.82) is 0 Å². The Hall–Kier alpha value is -2.55. The van der Waals surface area contributed by atoms with Gasteiger partial charge in [0.25, 0.3) is 0 Å². The van der Waals surface area contributed by atoms with E-state index in [9.17, 15) is 18.4 Å². The predicted molar refractivity (Wildman–Crippen MR) is 112 cm³/mol. The lowest BCUT2D eigenvalue weighted by molar-refractivity contribution is -0.131. The number of nitrogens with one attached hydrogen (secondary N) is 1. The van der Waals surface area contributed by atoms with E-state index in [0.29, 0.717) is 38.8 Å². The maximum atomic E-state index is 13.8. The van der Waals surface area contributed by atoms with Crippen LogP contribution in [0.2, 0.25) is 0 Å². The summed E-state index contributed by atoms with van der Waals surface area (Å²) >= 11 is 1.60. The molecular formula is C21H24F2N4O2S. The average Bonchev–Trinajstić information content (AvgIpc) is 3.18. The smallest absolute Gasteiger partial charge is 0.227 e. The van der Waals surface area contributed by atoms with Crippen LogP contribution in [0.5, 0.6) is 0 Å². The van der Waals surface area contributed by atoms with Crippen LogP contribution in [0.15, 0.2) is 18.2 Å². The summed E-state index contributed by atoms with van der Waals surface area (Å²) < 4.78 is 26.9. The molecule has 1 aliphatic carbocycles. The molecule has 2 aromatic rings. The number of carbonyl (C=O) groups is 2. The van der Waals surface area contributed by atoms with Crippen LogP contribution < -0.4 is 10.2 Å². The van der Waals surface area contributed by atoms with Crippen LogP contribution in [-0.2, 0) is 22.4 Å². The second-order valence-corrected chi connectivity index (χ2v) is 8.70. The number of aromatic nitrogens is 1. The molecule has 0 bridgehead atoms. The van der Waals surface area contributed by atoms with Crippen molar-refractivity contribution < 1.29 is 18.4 Å². The summed E-state index contributed by atoms with van der Waals surface area (Å²) in [5.74, 6) is -1.80. The number of hydrogen-bond donors (Lipinski definition) is 1. The molecule has 1 fully saturated rings. The van der Waals surface area contributed by atoms with E-state index in [1.54, 1.807) is 11.3 Å². The number of piperazine rings is 1. The zero-order valence-corrected chi connectivity index (χ0v) is 17.6. The third-order valence-corrected chi connectivity index (χ3v) is 6.87. The third-order valence-electron chi connectivity index (χ3n) is 5.69. The number of amides is 2. The lowest BCUT2D eigenvalue weighted by atomic mass is 9.90. The summed E-state index contributed by atoms with van der Waals surface area (Å²) in [6, 6.07) is 3.13. The van der Waals surface area contributed by atoms with E-state index in [1.165, 1.54) is 6.07 Å². The summed E-state index contributed by atoms with van der Waals surface area (Å²) in [4.78, 5) is 34.4. The highest BCUT2D eigenvalue weighted by Gasteiger charge is 2.30. The Balaban J connectivity index is 1.38. The predicted octanol–water partition coefficient (Wildman–Crippen LogP) is 3.22. The number of halogens is 2. The number of benzene rings is 1. The van der Waals surface area contributed by atoms with Crippen molar-refractivity contribution in [2.24, 2.45) is 5.92 Å². The van der Waals surface area contributed by atoms with E-state index in [1.807, 2.05) is 11.8 Å². The maximum absolute atomic E-state index is 13.8. The second-order valence-electron chi connectivity index (χ2n) is 7.64. The molecule has 30 heavy (non-hydrogen) atoms. The number of aryl methyl sites for hydroxylation is 1. The molecule has 2 heterocycles. The molecule has 1 atom stereocenters. The van der Waals surface area contributed by atoms with E-state index >= 15 is 0 Å². The van der Waals surface area contributed by atoms with Crippen LogP contribution in [0.3, 0.4) is 0 Å². The van der Waals surface area contributed by atoms with Gasteiger partial charge >= 0.3 is 0 Å². The van der Waals surface area contributed by atoms with Gasteiger partial charge in [0.05, 0.1) is 11.4 Å². The lowest BCUT2D eigenvalue weighted by Gasteiger charge is -2.34. The van der Waals surface area contributed by atoms with Gasteiger partial charge in [-0.25, -0.2) is 13.8 Å². The van der Waals surface area contributed by atoms with Gasteiger partial charge in [0.2, 0.25) is 11.8 Å². The van der Waals surface area contributed by atoms with Crippen molar-refractivity contribution in [1.82, 2.24) is 9.88 Å². The molecule has 160 valence electrons. The van der Waals surface area contributed by atoms with Gasteiger partial charge in [0, 0.05) is 49.5 Å². The largest absolute Gasteiger partial charge is 0.345 e. The molecule has 1 unspecified atom stereocenters. The minimum absolute atomic E-state index is 0.00307. The van der Waals surface area contributed by atoms with Crippen molar-refractivity contribution in [2.75, 3.05) is 36.4 Å². The summed E-state index contributed by atoms with van der Waals surface area (Å²) in [6.07, 6.45) is 2.43. The van der Waals surface area contributed by atoms with Gasteiger partial charge in [-0.15, -0.1) is 11.3 Å². The molecule has 0 radical (unpaired) electrons. The highest BCUT2D eigenvalue weighted by molar-refractivity contribution is 7.15. The van der Waals surface area contributed by atoms with Gasteiger partial charge in [0.15, 0.2) is 5.13 Å². The molecule has 6 nitrogen and oxygen atoms in total. The fourth-order valence-corrected chi connectivity index (χ4v) is 5.15. The van der Waals surface area contributed by atoms with Crippen LogP contribution in [-0.4, -0.2) is 47.9 Å². The number of anilines is 2. The zero-order chi connectivity index (χ0) is 21.3. The SMILES string of the molecule is CCC(=O)N1CCN(c2nc3c(s2)CC(C(=O)Nc2ccc(F)cc2F)CC3)CC1. The lowest BCUT2D eigenvalue weighted by Crippen LogP contribution is -2.48. The van der Waals surface area contributed by atoms with Crippen molar-refractivity contribution in [2.45, 2.75) is 32.6 Å². The molecular weight excluding hydrogens is 410 g/mol. The fraction of sp³-hybridized carbons (Fsp3) is 0.476. The van der Waals surface area contributed by atoms with E-state index in [-0.39, 0.29) is 23.4 Å². The fourth-order valence-electron chi connectivity index (χ4n) is 3.92. The first-order valence-electron chi connectivity index (χ1n) is 10.2. The molecule has 1 saturated heterocycles. The first-order valence-corrected chi connectivity index (χ1v) is 11.0. The van der Waals surface area contributed by atoms with E-state index in [2.05, 4.69) is 10.2 Å². The molecule has 1 N–H and O–H groups in total. The molecule has 2 aliphatic rings. The molecule has 9 heteroatoms. The minimum atomic E-state index is -0.777. The van der Waals surface area contributed by atoms with Gasteiger partial charge in [-0.1, -0.05) is 6.92 Å². The first kappa shape index (κ1) is 20.7. The number of hydrogen-bond acceptors (Lipinski definition) is 5. The number of fused-ring (bicyclic) bond motifs is 1. The topological polar surface area (TPSA) is 65.5 Å². The van der Waals surface area contributed by atoms with Crippen LogP contribution in [0, 0.1) is 17.6 Å². The maximum Gasteiger partial charge on any atom is 0.227 e. The van der Waals surface area contributed by atoms with Crippen molar-refractivity contribution >= 4 is 34.0 Å². The molecule has 0 saturated carbocycles. The van der Waals surface area contributed by atoms with Crippen LogP contribution in [0.1, 0.15) is 30.3 Å². The Labute approximate surface area is 177 Å². The molecule has 0 spiro atoms. The number of rotatable bonds is 4. The van der Waals surface area contributed by atoms with E-state index in [4.69, 9.17) is 4.98 Å². The normalized spacial score (nSPS) is 18.8. The number of carbonyl (C=O) groups excluding carboxylic acids is 2. The van der Waals surface area contributed by atoms with Gasteiger partial charge in [-0.2, -0.15) is 0 Å². The van der Waals surface area contributed by atoms with Gasteiger partial charge in [-0.3, -0.25) is 9.59 Å². The Kier molecular flexibility index (Phi) is 5.99. The van der Waals surface area contributed by atoms with Gasteiger partial charge < -0.3 is 15.1 Å². The van der Waals surface area contributed by atoms with E-state index in [0.717, 1.165) is 40.9 Å². The molecule has 1 aromatic carbocycles. The molecule has 2 amide bonds. The van der Waals surface area contributed by atoms with Crippen LogP contribution in [0.4, 0.5) is 19.6 Å². The molecule has 1 aromatic heterocycles. The highest BCUT2D eigenvalue weighted by Crippen LogP contribution is 2.35. The monoisotopic (exact) mass is 434 g/mol. The van der Waals surface area contributed by atoms with Crippen LogP contribution >= 0.6 is 11.3 Å². The second kappa shape index (κ2) is 8.67. The quantitative estimate of drug-likeness (QED) is 0.803. The van der Waals surface area contributed by atoms with Crippen molar-refractivity contribution in [3.05, 3.63) is 40.4 Å².